The molecule has 0 radical (unpaired) electrons. The van der Waals surface area contributed by atoms with E-state index < -0.39 is 12.0 Å². The van der Waals surface area contributed by atoms with Crippen LogP contribution in [0.1, 0.15) is 0 Å². The van der Waals surface area contributed by atoms with Crippen molar-refractivity contribution in [1.29, 1.82) is 0 Å². The Morgan fingerprint density at radius 1 is 1.56 bits per heavy atom. The number of carboxylic acid groups (broad SMARTS) is 1. The summed E-state index contributed by atoms with van der Waals surface area (Å²) in [5, 5.41) is 12.7. The quantitative estimate of drug-likeness (QED) is 0.814. The van der Waals surface area contributed by atoms with Crippen LogP contribution in [0.5, 0.6) is 0 Å². The summed E-state index contributed by atoms with van der Waals surface area (Å²) in [6.45, 7) is 0. The summed E-state index contributed by atoms with van der Waals surface area (Å²) in [4.78, 5) is 11.6. The minimum Gasteiger partial charge on any atom is -0.480 e. The van der Waals surface area contributed by atoms with Gasteiger partial charge < -0.3 is 10.4 Å². The van der Waals surface area contributed by atoms with Crippen molar-refractivity contribution in [2.24, 2.45) is 0 Å². The minimum atomic E-state index is -0.881. The lowest BCUT2D eigenvalue weighted by Crippen LogP contribution is -2.35. The third-order valence-corrected chi connectivity index (χ3v) is 3.77. The molecule has 1 unspecified atom stereocenters. The Morgan fingerprint density at radius 3 is 2.81 bits per heavy atom. The molecule has 88 valence electrons. The van der Waals surface area contributed by atoms with Crippen molar-refractivity contribution >= 4 is 40.9 Å². The fourth-order valence-corrected chi connectivity index (χ4v) is 2.63. The Bertz CT molecular complexity index is 387. The number of hydrogen-bond acceptors (Lipinski definition) is 3. The molecule has 0 aliphatic carbocycles. The molecule has 2 N–H and O–H groups in total. The SMILES string of the molecule is CNC(CSc1cc(Cl)ccc1Cl)C(=O)O. The van der Waals surface area contributed by atoms with Crippen molar-refractivity contribution in [2.45, 2.75) is 10.9 Å². The van der Waals surface area contributed by atoms with Gasteiger partial charge in [0.15, 0.2) is 0 Å². The van der Waals surface area contributed by atoms with E-state index in [0.717, 1.165) is 4.90 Å². The van der Waals surface area contributed by atoms with Crippen LogP contribution in [0, 0.1) is 0 Å². The molecule has 1 aromatic carbocycles. The zero-order valence-electron chi connectivity index (χ0n) is 8.54. The number of carboxylic acids is 1. The van der Waals surface area contributed by atoms with Gasteiger partial charge in [0.1, 0.15) is 6.04 Å². The Balaban J connectivity index is 2.66. The predicted molar refractivity (Wildman–Crippen MR) is 67.7 cm³/mol. The molecule has 0 bridgehead atoms. The normalized spacial score (nSPS) is 12.4. The second kappa shape index (κ2) is 6.35. The maximum absolute atomic E-state index is 10.8. The van der Waals surface area contributed by atoms with Gasteiger partial charge in [0.2, 0.25) is 0 Å². The van der Waals surface area contributed by atoms with Gasteiger partial charge in [-0.15, -0.1) is 11.8 Å². The number of aliphatic carboxylic acids is 1. The van der Waals surface area contributed by atoms with E-state index in [1.807, 2.05) is 0 Å². The Labute approximate surface area is 108 Å². The number of carbonyl (C=O) groups is 1. The molecule has 3 nitrogen and oxygen atoms in total. The fourth-order valence-electron chi connectivity index (χ4n) is 1.04. The first-order chi connectivity index (χ1) is 7.54. The topological polar surface area (TPSA) is 49.3 Å². The van der Waals surface area contributed by atoms with E-state index in [0.29, 0.717) is 15.8 Å². The maximum Gasteiger partial charge on any atom is 0.321 e. The zero-order valence-corrected chi connectivity index (χ0v) is 10.9. The Kier molecular flexibility index (Phi) is 5.41. The van der Waals surface area contributed by atoms with E-state index in [9.17, 15) is 4.79 Å². The molecule has 1 atom stereocenters. The van der Waals surface area contributed by atoms with E-state index in [-0.39, 0.29) is 0 Å². The van der Waals surface area contributed by atoms with Crippen LogP contribution in [0.15, 0.2) is 23.1 Å². The van der Waals surface area contributed by atoms with Crippen LogP contribution in [-0.2, 0) is 4.79 Å². The Hall–Kier alpha value is -0.420. The summed E-state index contributed by atoms with van der Waals surface area (Å²) in [6, 6.07) is 4.52. The molecule has 0 amide bonds. The summed E-state index contributed by atoms with van der Waals surface area (Å²) in [5.74, 6) is -0.487. The van der Waals surface area contributed by atoms with Crippen LogP contribution >= 0.6 is 35.0 Å². The third kappa shape index (κ3) is 3.87. The standard InChI is InChI=1S/C10H11Cl2NO2S/c1-13-8(10(14)15)5-16-9-4-6(11)2-3-7(9)12/h2-4,8,13H,5H2,1H3,(H,14,15). The van der Waals surface area contributed by atoms with Crippen LogP contribution in [0.3, 0.4) is 0 Å². The summed E-state index contributed by atoms with van der Waals surface area (Å²) in [7, 11) is 1.61. The molecule has 0 saturated carbocycles. The molecule has 0 aromatic heterocycles. The summed E-state index contributed by atoms with van der Waals surface area (Å²) in [5.41, 5.74) is 0. The highest BCUT2D eigenvalue weighted by molar-refractivity contribution is 7.99. The largest absolute Gasteiger partial charge is 0.480 e. The van der Waals surface area contributed by atoms with Gasteiger partial charge in [-0.05, 0) is 25.2 Å². The second-order valence-electron chi connectivity index (χ2n) is 3.07. The molecule has 0 spiro atoms. The molecule has 0 aliphatic heterocycles. The van der Waals surface area contributed by atoms with Gasteiger partial charge in [-0.3, -0.25) is 4.79 Å². The van der Waals surface area contributed by atoms with Crippen molar-refractivity contribution in [1.82, 2.24) is 5.32 Å². The molecule has 0 fully saturated rings. The highest BCUT2D eigenvalue weighted by Crippen LogP contribution is 2.30. The van der Waals surface area contributed by atoms with Gasteiger partial charge in [0, 0.05) is 15.7 Å². The van der Waals surface area contributed by atoms with Crippen LogP contribution in [0.4, 0.5) is 0 Å². The highest BCUT2D eigenvalue weighted by Gasteiger charge is 2.15. The Morgan fingerprint density at radius 2 is 2.25 bits per heavy atom. The average molecular weight is 280 g/mol. The van der Waals surface area contributed by atoms with Crippen LogP contribution in [-0.4, -0.2) is 29.9 Å². The lowest BCUT2D eigenvalue weighted by molar-refractivity contribution is -0.138. The predicted octanol–water partition coefficient (Wildman–Crippen LogP) is 2.76. The number of benzene rings is 1. The first kappa shape index (κ1) is 13.6. The monoisotopic (exact) mass is 279 g/mol. The number of hydrogen-bond donors (Lipinski definition) is 2. The van der Waals surface area contributed by atoms with Crippen molar-refractivity contribution in [3.63, 3.8) is 0 Å². The number of likely N-dealkylation sites (N-methyl/N-ethyl adjacent to an activating group) is 1. The first-order valence-corrected chi connectivity index (χ1v) is 6.26. The van der Waals surface area contributed by atoms with Crippen LogP contribution in [0.25, 0.3) is 0 Å². The van der Waals surface area contributed by atoms with E-state index in [1.165, 1.54) is 11.8 Å². The van der Waals surface area contributed by atoms with Crippen molar-refractivity contribution in [2.75, 3.05) is 12.8 Å². The summed E-state index contributed by atoms with van der Waals surface area (Å²) < 4.78 is 0. The summed E-state index contributed by atoms with van der Waals surface area (Å²) in [6.07, 6.45) is 0. The van der Waals surface area contributed by atoms with E-state index in [4.69, 9.17) is 28.3 Å². The molecule has 0 saturated heterocycles. The van der Waals surface area contributed by atoms with Gasteiger partial charge in [-0.2, -0.15) is 0 Å². The number of nitrogens with one attached hydrogen (secondary N) is 1. The molecule has 0 heterocycles. The molecule has 1 rings (SSSR count). The number of rotatable bonds is 5. The average Bonchev–Trinajstić information content (AvgIpc) is 2.23. The molecule has 16 heavy (non-hydrogen) atoms. The van der Waals surface area contributed by atoms with Crippen molar-refractivity contribution < 1.29 is 9.90 Å². The number of halogens is 2. The van der Waals surface area contributed by atoms with Gasteiger partial charge in [0.05, 0.1) is 5.02 Å². The number of thioether (sulfide) groups is 1. The van der Waals surface area contributed by atoms with Gasteiger partial charge in [-0.1, -0.05) is 23.2 Å². The lowest BCUT2D eigenvalue weighted by Gasteiger charge is -2.11. The minimum absolute atomic E-state index is 0.395. The van der Waals surface area contributed by atoms with Crippen LogP contribution in [0.2, 0.25) is 10.0 Å². The molecule has 6 heteroatoms. The van der Waals surface area contributed by atoms with Gasteiger partial charge in [0.25, 0.3) is 0 Å². The smallest absolute Gasteiger partial charge is 0.321 e. The van der Waals surface area contributed by atoms with Gasteiger partial charge in [-0.25, -0.2) is 0 Å². The molecule has 0 aliphatic rings. The third-order valence-electron chi connectivity index (χ3n) is 1.95. The van der Waals surface area contributed by atoms with Crippen LogP contribution < -0.4 is 5.32 Å². The maximum atomic E-state index is 10.8. The fraction of sp³-hybridized carbons (Fsp3) is 0.300. The van der Waals surface area contributed by atoms with Crippen molar-refractivity contribution in [3.8, 4) is 0 Å². The zero-order chi connectivity index (χ0) is 12.1. The van der Waals surface area contributed by atoms with E-state index in [2.05, 4.69) is 5.32 Å². The van der Waals surface area contributed by atoms with Crippen molar-refractivity contribution in [3.05, 3.63) is 28.2 Å². The van der Waals surface area contributed by atoms with E-state index >= 15 is 0 Å². The summed E-state index contributed by atoms with van der Waals surface area (Å²) >= 11 is 13.1. The highest BCUT2D eigenvalue weighted by atomic mass is 35.5. The molecular formula is C10H11Cl2NO2S. The van der Waals surface area contributed by atoms with Gasteiger partial charge >= 0.3 is 5.97 Å². The first-order valence-electron chi connectivity index (χ1n) is 4.52. The second-order valence-corrected chi connectivity index (χ2v) is 4.97. The molecule has 1 aromatic rings. The lowest BCUT2D eigenvalue weighted by atomic mass is 10.3. The molecular weight excluding hydrogens is 269 g/mol. The van der Waals surface area contributed by atoms with E-state index in [1.54, 1.807) is 25.2 Å².